The minimum atomic E-state index is -1.96. The molecule has 0 aliphatic heterocycles. The van der Waals surface area contributed by atoms with Crippen molar-refractivity contribution in [2.24, 2.45) is 0 Å². The summed E-state index contributed by atoms with van der Waals surface area (Å²) in [5, 5.41) is -1.37. The van der Waals surface area contributed by atoms with E-state index in [1.165, 1.54) is 0 Å². The molecule has 0 aromatic heterocycles. The molecular weight excluding hydrogens is 431 g/mol. The Kier molecular flexibility index (Phi) is 11.2. The Bertz CT molecular complexity index is 674. The first-order valence-corrected chi connectivity index (χ1v) is 11.1. The normalized spacial score (nSPS) is 12.0. The summed E-state index contributed by atoms with van der Waals surface area (Å²) in [4.78, 5) is 11.7. The summed E-state index contributed by atoms with van der Waals surface area (Å²) in [7, 11) is -1.04. The number of anilines is 1. The van der Waals surface area contributed by atoms with E-state index in [1.807, 2.05) is 27.7 Å². The van der Waals surface area contributed by atoms with E-state index in [0.29, 0.717) is 24.6 Å². The number of urea groups is 1. The van der Waals surface area contributed by atoms with Gasteiger partial charge in [0, 0.05) is 0 Å². The second kappa shape index (κ2) is 12.8. The molecule has 0 bridgehead atoms. The monoisotopic (exact) mass is 458 g/mol. The number of rotatable bonds is 12. The van der Waals surface area contributed by atoms with Gasteiger partial charge >= 0.3 is 6.03 Å². The summed E-state index contributed by atoms with van der Waals surface area (Å²) in [6.07, 6.45) is 0.503. The van der Waals surface area contributed by atoms with E-state index in [9.17, 15) is 26.9 Å². The molecule has 0 unspecified atom stereocenters. The minimum absolute atomic E-state index is 0.0862. The van der Waals surface area contributed by atoms with Gasteiger partial charge in [0.25, 0.3) is 6.48 Å². The molecule has 6 nitrogen and oxygen atoms in total. The topological polar surface area (TPSA) is 51.2 Å². The van der Waals surface area contributed by atoms with Gasteiger partial charge in [-0.1, -0.05) is 15.4 Å². The fourth-order valence-corrected chi connectivity index (χ4v) is 3.30. The van der Waals surface area contributed by atoms with E-state index in [0.717, 1.165) is 0 Å². The molecule has 0 N–H and O–H groups in total. The highest BCUT2D eigenvalue weighted by Crippen LogP contribution is 2.25. The Morgan fingerprint density at radius 3 is 2.17 bits per heavy atom. The third kappa shape index (κ3) is 8.54. The number of hydrogen-bond acceptors (Lipinski definition) is 4. The highest BCUT2D eigenvalue weighted by molar-refractivity contribution is 6.27. The van der Waals surface area contributed by atoms with Crippen LogP contribution in [0.2, 0.25) is 6.04 Å². The van der Waals surface area contributed by atoms with Crippen LogP contribution in [0.1, 0.15) is 40.5 Å². The summed E-state index contributed by atoms with van der Waals surface area (Å²) >= 11 is 0. The van der Waals surface area contributed by atoms with E-state index < -0.39 is 62.2 Å². The molecule has 1 aromatic carbocycles. The third-order valence-corrected chi connectivity index (χ3v) is 4.92. The van der Waals surface area contributed by atoms with Gasteiger partial charge in [-0.05, 0) is 52.3 Å². The second-order valence-electron chi connectivity index (χ2n) is 6.93. The Balaban J connectivity index is 2.39. The second-order valence-corrected chi connectivity index (χ2v) is 8.38. The number of hydrogen-bond donors (Lipinski definition) is 0. The molecule has 30 heavy (non-hydrogen) atoms. The molecule has 0 aliphatic carbocycles. The molecule has 0 atom stereocenters. The van der Waals surface area contributed by atoms with Crippen LogP contribution in [0, 0.1) is 17.5 Å². The highest BCUT2D eigenvalue weighted by atomic mass is 28.2. The Morgan fingerprint density at radius 2 is 1.60 bits per heavy atom. The Morgan fingerprint density at radius 1 is 1.00 bits per heavy atom. The first-order chi connectivity index (χ1) is 14.0. The summed E-state index contributed by atoms with van der Waals surface area (Å²) < 4.78 is 83.8. The zero-order chi connectivity index (χ0) is 22.8. The molecule has 1 rings (SSSR count). The lowest BCUT2D eigenvalue weighted by molar-refractivity contribution is -0.275. The van der Waals surface area contributed by atoms with Crippen molar-refractivity contribution in [3.05, 3.63) is 29.6 Å². The molecule has 1 aromatic rings. The fraction of sp³-hybridized carbons (Fsp3) is 0.611. The molecule has 0 saturated heterocycles. The van der Waals surface area contributed by atoms with Crippen LogP contribution in [0.25, 0.3) is 0 Å². The minimum Gasteiger partial charge on any atom is -0.379 e. The number of nitrogens with zero attached hydrogens (tertiary/aromatic N) is 2. The fourth-order valence-electron chi connectivity index (χ4n) is 2.23. The smallest absolute Gasteiger partial charge is 0.379 e. The molecule has 0 fully saturated rings. The number of carbonyl (C=O) groups is 1. The number of halogens is 5. The van der Waals surface area contributed by atoms with Gasteiger partial charge in [0.05, 0.1) is 18.8 Å². The van der Waals surface area contributed by atoms with E-state index >= 15 is 0 Å². The lowest BCUT2D eigenvalue weighted by Crippen LogP contribution is -2.35. The maximum Gasteiger partial charge on any atom is 0.381 e. The molecule has 2 amide bonds. The lowest BCUT2D eigenvalue weighted by Gasteiger charge is -2.23. The van der Waals surface area contributed by atoms with Crippen LogP contribution in [0.15, 0.2) is 12.1 Å². The summed E-state index contributed by atoms with van der Waals surface area (Å²) in [6.45, 7) is 6.13. The number of benzene rings is 1. The maximum absolute atomic E-state index is 13.9. The Hall–Kier alpha value is -1.76. The summed E-state index contributed by atoms with van der Waals surface area (Å²) in [6, 6.07) is -0.292. The molecular formula is C18H27F5N2O4Si. The van der Waals surface area contributed by atoms with Gasteiger partial charge in [0.1, 0.15) is 5.69 Å². The van der Waals surface area contributed by atoms with Crippen LogP contribution in [-0.4, -0.2) is 46.1 Å². The van der Waals surface area contributed by atoms with Gasteiger partial charge in [0.15, 0.2) is 27.2 Å². The first kappa shape index (κ1) is 26.3. The van der Waals surface area contributed by atoms with Crippen LogP contribution in [-0.2, 0) is 13.9 Å². The van der Waals surface area contributed by atoms with Crippen molar-refractivity contribution in [1.82, 2.24) is 5.12 Å². The van der Waals surface area contributed by atoms with Crippen molar-refractivity contribution < 1.29 is 40.8 Å². The zero-order valence-electron chi connectivity index (χ0n) is 17.3. The van der Waals surface area contributed by atoms with Gasteiger partial charge in [-0.3, -0.25) is 0 Å². The Labute approximate surface area is 174 Å². The van der Waals surface area contributed by atoms with Gasteiger partial charge < -0.3 is 13.9 Å². The largest absolute Gasteiger partial charge is 0.381 e. The molecule has 0 spiro atoms. The van der Waals surface area contributed by atoms with Gasteiger partial charge in [0.2, 0.25) is 0 Å². The summed E-state index contributed by atoms with van der Waals surface area (Å²) in [5.74, 6) is -5.44. The van der Waals surface area contributed by atoms with Crippen LogP contribution in [0.3, 0.4) is 0 Å². The molecule has 0 radical (unpaired) electrons. The predicted molar refractivity (Wildman–Crippen MR) is 103 cm³/mol. The first-order valence-electron chi connectivity index (χ1n) is 9.53. The molecule has 172 valence electrons. The molecule has 0 heterocycles. The predicted octanol–water partition coefficient (Wildman–Crippen LogP) is 4.53. The molecule has 0 saturated carbocycles. The molecule has 12 heteroatoms. The number of ether oxygens (including phenoxy) is 2. The molecule has 0 aliphatic rings. The van der Waals surface area contributed by atoms with E-state index in [-0.39, 0.29) is 18.6 Å². The van der Waals surface area contributed by atoms with E-state index in [4.69, 9.17) is 13.9 Å². The van der Waals surface area contributed by atoms with Crippen LogP contribution < -0.4 is 5.12 Å². The van der Waals surface area contributed by atoms with Gasteiger partial charge in [-0.2, -0.15) is 5.12 Å². The standard InChI is InChI=1S/C18H27F5N2O4Si/c1-11(2)27-18(28-12(3)4)29-30-10-6-5-9-24(22)17(26)25(23)14-8-7-13(19)15(20)16(14)21/h7-8,11-12,18H,5-6,9-10,30H2,1-4H3. The maximum atomic E-state index is 13.9. The van der Waals surface area contributed by atoms with Gasteiger partial charge in [-0.15, -0.1) is 5.12 Å². The number of amides is 2. The van der Waals surface area contributed by atoms with Crippen molar-refractivity contribution in [3.63, 3.8) is 0 Å². The van der Waals surface area contributed by atoms with Crippen molar-refractivity contribution in [2.45, 2.75) is 65.3 Å². The summed E-state index contributed by atoms with van der Waals surface area (Å²) in [5.41, 5.74) is -1.22. The van der Waals surface area contributed by atoms with Crippen LogP contribution in [0.5, 0.6) is 0 Å². The van der Waals surface area contributed by atoms with Crippen molar-refractivity contribution in [1.29, 1.82) is 0 Å². The van der Waals surface area contributed by atoms with E-state index in [2.05, 4.69) is 0 Å². The van der Waals surface area contributed by atoms with Crippen molar-refractivity contribution >= 4 is 21.5 Å². The van der Waals surface area contributed by atoms with Crippen molar-refractivity contribution in [2.75, 3.05) is 11.7 Å². The average Bonchev–Trinajstić information content (AvgIpc) is 2.66. The van der Waals surface area contributed by atoms with E-state index in [1.54, 1.807) is 0 Å². The number of unbranched alkanes of at least 4 members (excludes halogenated alkanes) is 1. The highest BCUT2D eigenvalue weighted by Gasteiger charge is 2.27. The van der Waals surface area contributed by atoms with Crippen molar-refractivity contribution in [3.8, 4) is 0 Å². The van der Waals surface area contributed by atoms with Crippen LogP contribution in [0.4, 0.5) is 32.6 Å². The zero-order valence-corrected chi connectivity index (χ0v) is 18.8. The van der Waals surface area contributed by atoms with Crippen LogP contribution >= 0.6 is 0 Å². The third-order valence-electron chi connectivity index (χ3n) is 3.62. The lowest BCUT2D eigenvalue weighted by atomic mass is 10.3. The van der Waals surface area contributed by atoms with Gasteiger partial charge in [-0.25, -0.2) is 18.0 Å². The quantitative estimate of drug-likeness (QED) is 0.115. The average molecular weight is 459 g/mol. The number of carbonyl (C=O) groups excluding carboxylic acids is 1. The SMILES string of the molecule is CC(C)OC(O[SiH2]CCCCN(F)C(=O)N(F)c1ccc(F)c(F)c1F)OC(C)C.